The molecule has 0 spiro atoms. The molecule has 0 fully saturated rings. The number of hydrogen-bond donors (Lipinski definition) is 0. The van der Waals surface area contributed by atoms with Gasteiger partial charge in [0.05, 0.1) is 6.61 Å². The standard InChI is InChI=1S/C13H20O2/c1-12-8-4-2-3-5-10-13(14)15-11-7-6-9-12/h6,9H,1-5,7-8,10-11H2/b9-6+. The lowest BCUT2D eigenvalue weighted by molar-refractivity contribution is -0.143. The number of carbonyl (C=O) groups excluding carboxylic acids is 1. The number of ether oxygens (including phenoxy) is 1. The fourth-order valence-corrected chi connectivity index (χ4v) is 1.62. The van der Waals surface area contributed by atoms with Gasteiger partial charge in [0.25, 0.3) is 0 Å². The fourth-order valence-electron chi connectivity index (χ4n) is 1.62. The maximum absolute atomic E-state index is 11.2. The Labute approximate surface area is 92.0 Å². The number of cyclic esters (lactones) is 1. The van der Waals surface area contributed by atoms with Gasteiger partial charge in [0.2, 0.25) is 0 Å². The number of rotatable bonds is 0. The van der Waals surface area contributed by atoms with E-state index in [1.807, 2.05) is 12.2 Å². The summed E-state index contributed by atoms with van der Waals surface area (Å²) >= 11 is 0. The van der Waals surface area contributed by atoms with Crippen molar-refractivity contribution in [1.29, 1.82) is 0 Å². The molecule has 0 aromatic rings. The Morgan fingerprint density at radius 1 is 1.13 bits per heavy atom. The highest BCUT2D eigenvalue weighted by molar-refractivity contribution is 5.69. The topological polar surface area (TPSA) is 26.3 Å². The van der Waals surface area contributed by atoms with Crippen LogP contribution in [0.15, 0.2) is 24.3 Å². The smallest absolute Gasteiger partial charge is 0.305 e. The minimum absolute atomic E-state index is 0.0542. The number of allylic oxidation sites excluding steroid dienone is 2. The highest BCUT2D eigenvalue weighted by Crippen LogP contribution is 2.12. The molecule has 0 aliphatic carbocycles. The molecule has 0 radical (unpaired) electrons. The van der Waals surface area contributed by atoms with E-state index in [9.17, 15) is 4.79 Å². The molecule has 0 bridgehead atoms. The van der Waals surface area contributed by atoms with E-state index in [4.69, 9.17) is 4.74 Å². The largest absolute Gasteiger partial charge is 0.465 e. The Kier molecular flexibility index (Phi) is 5.83. The maximum Gasteiger partial charge on any atom is 0.305 e. The average molecular weight is 208 g/mol. The summed E-state index contributed by atoms with van der Waals surface area (Å²) in [6, 6.07) is 0. The summed E-state index contributed by atoms with van der Waals surface area (Å²) < 4.78 is 5.07. The van der Waals surface area contributed by atoms with Crippen molar-refractivity contribution in [3.8, 4) is 0 Å². The van der Waals surface area contributed by atoms with Crippen LogP contribution in [0.3, 0.4) is 0 Å². The molecule has 0 aromatic heterocycles. The van der Waals surface area contributed by atoms with E-state index in [-0.39, 0.29) is 5.97 Å². The molecule has 0 amide bonds. The first-order valence-electron chi connectivity index (χ1n) is 5.79. The number of hydrogen-bond acceptors (Lipinski definition) is 2. The first-order chi connectivity index (χ1) is 7.29. The van der Waals surface area contributed by atoms with E-state index in [0.717, 1.165) is 25.7 Å². The van der Waals surface area contributed by atoms with E-state index < -0.39 is 0 Å². The van der Waals surface area contributed by atoms with Crippen LogP contribution in [0.4, 0.5) is 0 Å². The maximum atomic E-state index is 11.2. The highest BCUT2D eigenvalue weighted by Gasteiger charge is 2.02. The van der Waals surface area contributed by atoms with Crippen molar-refractivity contribution in [2.45, 2.75) is 44.9 Å². The van der Waals surface area contributed by atoms with Crippen LogP contribution in [0.2, 0.25) is 0 Å². The average Bonchev–Trinajstić information content (AvgIpc) is 2.23. The van der Waals surface area contributed by atoms with Gasteiger partial charge in [-0.1, -0.05) is 37.1 Å². The summed E-state index contributed by atoms with van der Waals surface area (Å²) in [6.07, 6.45) is 11.0. The van der Waals surface area contributed by atoms with Crippen LogP contribution in [-0.2, 0) is 9.53 Å². The Morgan fingerprint density at radius 3 is 2.67 bits per heavy atom. The van der Waals surface area contributed by atoms with Gasteiger partial charge in [0.15, 0.2) is 0 Å². The normalized spacial score (nSPS) is 23.2. The van der Waals surface area contributed by atoms with E-state index in [1.54, 1.807) is 0 Å². The Balaban J connectivity index is 2.35. The predicted octanol–water partition coefficient (Wildman–Crippen LogP) is 3.39. The molecule has 1 aliphatic rings. The van der Waals surface area contributed by atoms with E-state index >= 15 is 0 Å². The second-order valence-electron chi connectivity index (χ2n) is 3.98. The Bertz CT molecular complexity index is 241. The van der Waals surface area contributed by atoms with Gasteiger partial charge < -0.3 is 4.74 Å². The van der Waals surface area contributed by atoms with Gasteiger partial charge in [-0.15, -0.1) is 0 Å². The molecule has 0 N–H and O–H groups in total. The predicted molar refractivity (Wildman–Crippen MR) is 61.6 cm³/mol. The molecule has 0 atom stereocenters. The van der Waals surface area contributed by atoms with Gasteiger partial charge in [0.1, 0.15) is 0 Å². The molecule has 0 unspecified atom stereocenters. The van der Waals surface area contributed by atoms with Gasteiger partial charge in [0, 0.05) is 6.42 Å². The van der Waals surface area contributed by atoms with Crippen LogP contribution in [0.1, 0.15) is 44.9 Å². The summed E-state index contributed by atoms with van der Waals surface area (Å²) in [7, 11) is 0. The van der Waals surface area contributed by atoms with Crippen LogP contribution < -0.4 is 0 Å². The summed E-state index contributed by atoms with van der Waals surface area (Å²) in [4.78, 5) is 11.2. The van der Waals surface area contributed by atoms with Gasteiger partial charge in [-0.3, -0.25) is 4.79 Å². The fraction of sp³-hybridized carbons (Fsp3) is 0.615. The quantitative estimate of drug-likeness (QED) is 0.570. The second kappa shape index (κ2) is 7.27. The van der Waals surface area contributed by atoms with Crippen LogP contribution in [0.5, 0.6) is 0 Å². The first kappa shape index (κ1) is 12.0. The summed E-state index contributed by atoms with van der Waals surface area (Å²) in [5.41, 5.74) is 1.18. The molecule has 0 saturated carbocycles. The Morgan fingerprint density at radius 2 is 1.87 bits per heavy atom. The third-order valence-electron chi connectivity index (χ3n) is 2.53. The van der Waals surface area contributed by atoms with Crippen LogP contribution in [0.25, 0.3) is 0 Å². The molecule has 1 rings (SSSR count). The van der Waals surface area contributed by atoms with Crippen molar-refractivity contribution in [3.63, 3.8) is 0 Å². The molecular weight excluding hydrogens is 188 g/mol. The van der Waals surface area contributed by atoms with Crippen molar-refractivity contribution in [1.82, 2.24) is 0 Å². The second-order valence-corrected chi connectivity index (χ2v) is 3.98. The van der Waals surface area contributed by atoms with Crippen molar-refractivity contribution < 1.29 is 9.53 Å². The summed E-state index contributed by atoms with van der Waals surface area (Å²) in [6.45, 7) is 4.49. The molecule has 1 aliphatic heterocycles. The molecule has 1 heterocycles. The number of esters is 1. The van der Waals surface area contributed by atoms with E-state index in [1.165, 1.54) is 18.4 Å². The van der Waals surface area contributed by atoms with Crippen LogP contribution in [0, 0.1) is 0 Å². The van der Waals surface area contributed by atoms with Crippen molar-refractivity contribution in [2.24, 2.45) is 0 Å². The molecule has 2 nitrogen and oxygen atoms in total. The molecule has 15 heavy (non-hydrogen) atoms. The van der Waals surface area contributed by atoms with Gasteiger partial charge in [-0.05, 0) is 25.7 Å². The lowest BCUT2D eigenvalue weighted by atomic mass is 10.1. The first-order valence-corrected chi connectivity index (χ1v) is 5.79. The minimum atomic E-state index is -0.0542. The minimum Gasteiger partial charge on any atom is -0.465 e. The highest BCUT2D eigenvalue weighted by atomic mass is 16.5. The molecule has 0 saturated heterocycles. The molecule has 2 heteroatoms. The molecule has 84 valence electrons. The third-order valence-corrected chi connectivity index (χ3v) is 2.53. The van der Waals surface area contributed by atoms with Crippen LogP contribution in [-0.4, -0.2) is 12.6 Å². The lowest BCUT2D eigenvalue weighted by Crippen LogP contribution is -2.04. The summed E-state index contributed by atoms with van der Waals surface area (Å²) in [5, 5.41) is 0. The Hall–Kier alpha value is -1.05. The zero-order valence-corrected chi connectivity index (χ0v) is 9.34. The third kappa shape index (κ3) is 6.10. The van der Waals surface area contributed by atoms with E-state index in [0.29, 0.717) is 13.0 Å². The van der Waals surface area contributed by atoms with E-state index in [2.05, 4.69) is 6.58 Å². The lowest BCUT2D eigenvalue weighted by Gasteiger charge is -2.02. The van der Waals surface area contributed by atoms with Crippen LogP contribution >= 0.6 is 0 Å². The zero-order valence-electron chi connectivity index (χ0n) is 9.34. The SMILES string of the molecule is C=C1/C=C/CCOC(=O)CCCCCC1. The van der Waals surface area contributed by atoms with Crippen molar-refractivity contribution in [3.05, 3.63) is 24.3 Å². The monoisotopic (exact) mass is 208 g/mol. The summed E-state index contributed by atoms with van der Waals surface area (Å²) in [5.74, 6) is -0.0542. The van der Waals surface area contributed by atoms with Gasteiger partial charge in [-0.2, -0.15) is 0 Å². The number of carbonyl (C=O) groups is 1. The zero-order chi connectivity index (χ0) is 10.9. The van der Waals surface area contributed by atoms with Crippen molar-refractivity contribution in [2.75, 3.05) is 6.61 Å². The van der Waals surface area contributed by atoms with Crippen molar-refractivity contribution >= 4 is 5.97 Å². The molecular formula is C13H20O2. The van der Waals surface area contributed by atoms with Gasteiger partial charge in [-0.25, -0.2) is 0 Å². The molecule has 0 aromatic carbocycles. The van der Waals surface area contributed by atoms with Gasteiger partial charge >= 0.3 is 5.97 Å².